The molecule has 8 heteroatoms. The number of nitrogens with one attached hydrogen (secondary N) is 1. The summed E-state index contributed by atoms with van der Waals surface area (Å²) in [5.74, 6) is 0.899. The van der Waals surface area contributed by atoms with Gasteiger partial charge in [0, 0.05) is 24.7 Å². The van der Waals surface area contributed by atoms with E-state index in [4.69, 9.17) is 15.2 Å². The molecule has 26 heavy (non-hydrogen) atoms. The standard InChI is InChI=1S/C18H21N3O5/c1-12(19)9-10-20-18(22)16-11-13(21(23)24)3-8-17(16)26-15-6-4-14(25-2)5-7-15/h3-8,11-12H,9-10,19H2,1-2H3,(H,20,22). The van der Waals surface area contributed by atoms with Gasteiger partial charge in [-0.15, -0.1) is 0 Å². The second kappa shape index (κ2) is 8.82. The van der Waals surface area contributed by atoms with E-state index in [0.717, 1.165) is 0 Å². The Morgan fingerprint density at radius 3 is 2.46 bits per heavy atom. The highest BCUT2D eigenvalue weighted by Gasteiger charge is 2.18. The van der Waals surface area contributed by atoms with Gasteiger partial charge in [-0.05, 0) is 43.7 Å². The minimum Gasteiger partial charge on any atom is -0.497 e. The molecule has 0 heterocycles. The molecule has 1 atom stereocenters. The van der Waals surface area contributed by atoms with Gasteiger partial charge in [0.25, 0.3) is 11.6 Å². The number of carbonyl (C=O) groups excluding carboxylic acids is 1. The number of nitrogens with zero attached hydrogens (tertiary/aromatic N) is 1. The van der Waals surface area contributed by atoms with Crippen LogP contribution < -0.4 is 20.5 Å². The summed E-state index contributed by atoms with van der Waals surface area (Å²) >= 11 is 0. The lowest BCUT2D eigenvalue weighted by molar-refractivity contribution is -0.384. The molecule has 2 aromatic rings. The molecule has 0 aliphatic carbocycles. The number of carbonyl (C=O) groups is 1. The van der Waals surface area contributed by atoms with E-state index in [-0.39, 0.29) is 23.0 Å². The van der Waals surface area contributed by atoms with Crippen molar-refractivity contribution in [1.82, 2.24) is 5.32 Å². The van der Waals surface area contributed by atoms with Crippen molar-refractivity contribution in [3.63, 3.8) is 0 Å². The molecule has 1 amide bonds. The van der Waals surface area contributed by atoms with Gasteiger partial charge in [0.05, 0.1) is 17.6 Å². The minimum absolute atomic E-state index is 0.0598. The lowest BCUT2D eigenvalue weighted by Crippen LogP contribution is -2.29. The number of hydrogen-bond acceptors (Lipinski definition) is 6. The third-order valence-electron chi connectivity index (χ3n) is 3.59. The van der Waals surface area contributed by atoms with Crippen molar-refractivity contribution >= 4 is 11.6 Å². The first-order chi connectivity index (χ1) is 12.4. The van der Waals surface area contributed by atoms with E-state index in [1.54, 1.807) is 31.4 Å². The number of rotatable bonds is 8. The maximum Gasteiger partial charge on any atom is 0.270 e. The summed E-state index contributed by atoms with van der Waals surface area (Å²) in [5, 5.41) is 13.7. The number of non-ortho nitro benzene ring substituents is 1. The number of methoxy groups -OCH3 is 1. The molecule has 3 N–H and O–H groups in total. The first-order valence-electron chi connectivity index (χ1n) is 8.05. The summed E-state index contributed by atoms with van der Waals surface area (Å²) < 4.78 is 10.8. The SMILES string of the molecule is COc1ccc(Oc2ccc([N+](=O)[O-])cc2C(=O)NCCC(C)N)cc1. The van der Waals surface area contributed by atoms with Crippen molar-refractivity contribution in [2.75, 3.05) is 13.7 Å². The predicted octanol–water partition coefficient (Wildman–Crippen LogP) is 2.86. The molecule has 0 bridgehead atoms. The Morgan fingerprint density at radius 2 is 1.88 bits per heavy atom. The Balaban J connectivity index is 2.25. The van der Waals surface area contributed by atoms with Gasteiger partial charge in [0.15, 0.2) is 0 Å². The molecule has 0 saturated heterocycles. The molecule has 2 aromatic carbocycles. The van der Waals surface area contributed by atoms with Gasteiger partial charge >= 0.3 is 0 Å². The van der Waals surface area contributed by atoms with Gasteiger partial charge in [-0.25, -0.2) is 0 Å². The van der Waals surface area contributed by atoms with Crippen LogP contribution in [0.25, 0.3) is 0 Å². The third-order valence-corrected chi connectivity index (χ3v) is 3.59. The first-order valence-corrected chi connectivity index (χ1v) is 8.05. The highest BCUT2D eigenvalue weighted by molar-refractivity contribution is 5.97. The van der Waals surface area contributed by atoms with Crippen LogP contribution in [0.3, 0.4) is 0 Å². The molecule has 0 aromatic heterocycles. The predicted molar refractivity (Wildman–Crippen MR) is 96.8 cm³/mol. The maximum atomic E-state index is 12.4. The van der Waals surface area contributed by atoms with Gasteiger partial charge in [-0.1, -0.05) is 0 Å². The van der Waals surface area contributed by atoms with Crippen molar-refractivity contribution in [3.8, 4) is 17.2 Å². The van der Waals surface area contributed by atoms with Gasteiger partial charge in [0.2, 0.25) is 0 Å². The summed E-state index contributed by atoms with van der Waals surface area (Å²) in [6.07, 6.45) is 0.593. The number of nitrogens with two attached hydrogens (primary N) is 1. The quantitative estimate of drug-likeness (QED) is 0.553. The Bertz CT molecular complexity index is 775. The van der Waals surface area contributed by atoms with Gasteiger partial charge in [-0.3, -0.25) is 14.9 Å². The van der Waals surface area contributed by atoms with Gasteiger partial charge in [-0.2, -0.15) is 0 Å². The van der Waals surface area contributed by atoms with Crippen LogP contribution in [0.2, 0.25) is 0 Å². The average Bonchev–Trinajstić information content (AvgIpc) is 2.62. The zero-order valence-electron chi connectivity index (χ0n) is 14.6. The van der Waals surface area contributed by atoms with Crippen LogP contribution in [0.4, 0.5) is 5.69 Å². The Morgan fingerprint density at radius 1 is 1.23 bits per heavy atom. The van der Waals surface area contributed by atoms with Crippen LogP contribution in [0.5, 0.6) is 17.2 Å². The third kappa shape index (κ3) is 5.18. The van der Waals surface area contributed by atoms with Crippen LogP contribution in [0, 0.1) is 10.1 Å². The molecule has 0 saturated carbocycles. The molecule has 2 rings (SSSR count). The Kier molecular flexibility index (Phi) is 6.51. The van der Waals surface area contributed by atoms with Crippen molar-refractivity contribution < 1.29 is 19.2 Å². The first kappa shape index (κ1) is 19.2. The van der Waals surface area contributed by atoms with Gasteiger partial charge < -0.3 is 20.5 Å². The largest absolute Gasteiger partial charge is 0.497 e. The highest BCUT2D eigenvalue weighted by Crippen LogP contribution is 2.29. The number of benzene rings is 2. The van der Waals surface area contributed by atoms with Crippen molar-refractivity contribution in [1.29, 1.82) is 0 Å². The van der Waals surface area contributed by atoms with Crippen LogP contribution in [0.1, 0.15) is 23.7 Å². The lowest BCUT2D eigenvalue weighted by Gasteiger charge is -2.12. The van der Waals surface area contributed by atoms with Crippen LogP contribution >= 0.6 is 0 Å². The van der Waals surface area contributed by atoms with E-state index < -0.39 is 10.8 Å². The summed E-state index contributed by atoms with van der Waals surface area (Å²) in [6, 6.07) is 10.6. The van der Waals surface area contributed by atoms with Crippen LogP contribution in [-0.4, -0.2) is 30.5 Å². The van der Waals surface area contributed by atoms with Gasteiger partial charge in [0.1, 0.15) is 17.2 Å². The molecular formula is C18H21N3O5. The van der Waals surface area contributed by atoms with E-state index in [2.05, 4.69) is 5.32 Å². The van der Waals surface area contributed by atoms with E-state index in [0.29, 0.717) is 24.5 Å². The van der Waals surface area contributed by atoms with E-state index >= 15 is 0 Å². The lowest BCUT2D eigenvalue weighted by atomic mass is 10.1. The van der Waals surface area contributed by atoms with Crippen molar-refractivity contribution in [2.24, 2.45) is 5.73 Å². The fraction of sp³-hybridized carbons (Fsp3) is 0.278. The summed E-state index contributed by atoms with van der Waals surface area (Å²) in [4.78, 5) is 22.9. The van der Waals surface area contributed by atoms with E-state index in [1.807, 2.05) is 6.92 Å². The smallest absolute Gasteiger partial charge is 0.270 e. The number of ether oxygens (including phenoxy) is 2. The topological polar surface area (TPSA) is 117 Å². The summed E-state index contributed by atoms with van der Waals surface area (Å²) in [5.41, 5.74) is 5.55. The molecular weight excluding hydrogens is 338 g/mol. The molecule has 0 aliphatic heterocycles. The molecule has 138 valence electrons. The van der Waals surface area contributed by atoms with E-state index in [9.17, 15) is 14.9 Å². The fourth-order valence-electron chi connectivity index (χ4n) is 2.18. The monoisotopic (exact) mass is 359 g/mol. The second-order valence-electron chi connectivity index (χ2n) is 5.74. The van der Waals surface area contributed by atoms with Crippen LogP contribution in [0.15, 0.2) is 42.5 Å². The van der Waals surface area contributed by atoms with E-state index in [1.165, 1.54) is 18.2 Å². The van der Waals surface area contributed by atoms with Crippen molar-refractivity contribution in [3.05, 3.63) is 58.1 Å². The highest BCUT2D eigenvalue weighted by atomic mass is 16.6. The summed E-state index contributed by atoms with van der Waals surface area (Å²) in [7, 11) is 1.55. The zero-order chi connectivity index (χ0) is 19.1. The Hall–Kier alpha value is -3.13. The van der Waals surface area contributed by atoms with Crippen LogP contribution in [-0.2, 0) is 0 Å². The number of nitro groups is 1. The number of amides is 1. The molecule has 1 unspecified atom stereocenters. The Labute approximate surface area is 151 Å². The molecule has 0 radical (unpaired) electrons. The second-order valence-corrected chi connectivity index (χ2v) is 5.74. The summed E-state index contributed by atoms with van der Waals surface area (Å²) in [6.45, 7) is 2.19. The molecule has 0 fully saturated rings. The van der Waals surface area contributed by atoms with Crippen molar-refractivity contribution in [2.45, 2.75) is 19.4 Å². The molecule has 8 nitrogen and oxygen atoms in total. The fourth-order valence-corrected chi connectivity index (χ4v) is 2.18. The molecule has 0 aliphatic rings. The number of nitro benzene ring substituents is 1. The minimum atomic E-state index is -0.560. The zero-order valence-corrected chi connectivity index (χ0v) is 14.6. The maximum absolute atomic E-state index is 12.4. The molecule has 0 spiro atoms. The normalized spacial score (nSPS) is 11.5. The number of hydrogen-bond donors (Lipinski definition) is 2. The average molecular weight is 359 g/mol.